The second kappa shape index (κ2) is 6.74. The number of nitrogens with zero attached hydrogens (tertiary/aromatic N) is 2. The Morgan fingerprint density at radius 2 is 1.72 bits per heavy atom. The normalized spacial score (nSPS) is 23.0. The van der Waals surface area contributed by atoms with Crippen LogP contribution >= 0.6 is 0 Å². The number of carbonyl (C=O) groups is 1. The Labute approximate surface area is 150 Å². The molecule has 0 unspecified atom stereocenters. The number of para-hydroxylation sites is 1. The summed E-state index contributed by atoms with van der Waals surface area (Å²) in [4.78, 5) is 15.0. The zero-order valence-corrected chi connectivity index (χ0v) is 14.9. The van der Waals surface area contributed by atoms with Crippen molar-refractivity contribution in [2.75, 3.05) is 31.1 Å². The van der Waals surface area contributed by atoms with Gasteiger partial charge in [0.25, 0.3) is 0 Å². The highest BCUT2D eigenvalue weighted by molar-refractivity contribution is 5.78. The summed E-state index contributed by atoms with van der Waals surface area (Å²) < 4.78 is 0. The van der Waals surface area contributed by atoms with Crippen molar-refractivity contribution in [2.24, 2.45) is 5.41 Å². The van der Waals surface area contributed by atoms with Crippen molar-refractivity contribution in [3.63, 3.8) is 0 Å². The molecule has 1 spiro atoms. The monoisotopic (exact) mass is 340 g/mol. The number of allylic oxidation sites excluding steroid dienone is 2. The van der Waals surface area contributed by atoms with E-state index < -0.39 is 6.09 Å². The molecule has 4 rings (SSSR count). The first kappa shape index (κ1) is 16.5. The summed E-state index contributed by atoms with van der Waals surface area (Å²) in [6, 6.07) is 8.68. The van der Waals surface area contributed by atoms with Crippen LogP contribution in [-0.2, 0) is 0 Å². The van der Waals surface area contributed by atoms with Gasteiger partial charge in [-0.1, -0.05) is 37.1 Å². The number of rotatable bonds is 2. The van der Waals surface area contributed by atoms with Gasteiger partial charge in [-0.3, -0.25) is 0 Å². The molecule has 0 radical (unpaired) electrons. The number of carboxylic acid groups (broad SMARTS) is 1. The second-order valence-electron chi connectivity index (χ2n) is 7.91. The molecule has 2 fully saturated rings. The molecule has 4 nitrogen and oxygen atoms in total. The summed E-state index contributed by atoms with van der Waals surface area (Å²) in [5.74, 6) is 0. The number of anilines is 1. The average molecular weight is 340 g/mol. The fourth-order valence-electron chi connectivity index (χ4n) is 4.93. The predicted molar refractivity (Wildman–Crippen MR) is 101 cm³/mol. The van der Waals surface area contributed by atoms with Crippen molar-refractivity contribution in [2.45, 2.75) is 44.9 Å². The van der Waals surface area contributed by atoms with Crippen LogP contribution in [0.1, 0.15) is 50.5 Å². The standard InChI is InChI=1S/C21H28N2O2/c24-20(25)23-15-13-22(14-16-23)19-6-2-1-5-18(19)17-7-11-21(12-8-17)9-3-4-10-21/h1-2,5-7H,3-4,8-16H2,(H,24,25). The molecular formula is C21H28N2O2. The van der Waals surface area contributed by atoms with Crippen LogP contribution in [0, 0.1) is 5.41 Å². The van der Waals surface area contributed by atoms with Crippen LogP contribution in [0.5, 0.6) is 0 Å². The smallest absolute Gasteiger partial charge is 0.407 e. The third-order valence-corrected chi connectivity index (χ3v) is 6.51. The van der Waals surface area contributed by atoms with Gasteiger partial charge in [0.15, 0.2) is 0 Å². The second-order valence-corrected chi connectivity index (χ2v) is 7.91. The predicted octanol–water partition coefficient (Wildman–Crippen LogP) is 4.61. The molecular weight excluding hydrogens is 312 g/mol. The van der Waals surface area contributed by atoms with Crippen LogP contribution in [0.3, 0.4) is 0 Å². The fourth-order valence-corrected chi connectivity index (χ4v) is 4.93. The summed E-state index contributed by atoms with van der Waals surface area (Å²) in [6.45, 7) is 2.73. The van der Waals surface area contributed by atoms with Crippen LogP contribution in [0.25, 0.3) is 5.57 Å². The van der Waals surface area contributed by atoms with E-state index in [1.54, 1.807) is 0 Å². The van der Waals surface area contributed by atoms with Crippen LogP contribution in [0.15, 0.2) is 30.3 Å². The first-order valence-electron chi connectivity index (χ1n) is 9.68. The zero-order chi connectivity index (χ0) is 17.3. The van der Waals surface area contributed by atoms with Gasteiger partial charge in [0.05, 0.1) is 0 Å². The molecule has 0 atom stereocenters. The summed E-state index contributed by atoms with van der Waals surface area (Å²) in [6.07, 6.45) is 11.1. The van der Waals surface area contributed by atoms with Gasteiger partial charge in [-0.2, -0.15) is 0 Å². The molecule has 0 bridgehead atoms. The first-order valence-corrected chi connectivity index (χ1v) is 9.68. The molecule has 1 heterocycles. The van der Waals surface area contributed by atoms with E-state index in [0.29, 0.717) is 18.5 Å². The van der Waals surface area contributed by atoms with Gasteiger partial charge in [0, 0.05) is 37.4 Å². The van der Waals surface area contributed by atoms with Crippen molar-refractivity contribution in [1.82, 2.24) is 4.90 Å². The Morgan fingerprint density at radius 1 is 1.00 bits per heavy atom. The molecule has 1 N–H and O–H groups in total. The molecule has 1 saturated carbocycles. The van der Waals surface area contributed by atoms with Gasteiger partial charge in [-0.25, -0.2) is 4.79 Å². The summed E-state index contributed by atoms with van der Waals surface area (Å²) in [5, 5.41) is 9.15. The van der Waals surface area contributed by atoms with Crippen LogP contribution in [-0.4, -0.2) is 42.3 Å². The van der Waals surface area contributed by atoms with Gasteiger partial charge in [-0.15, -0.1) is 0 Å². The molecule has 25 heavy (non-hydrogen) atoms. The van der Waals surface area contributed by atoms with Crippen molar-refractivity contribution < 1.29 is 9.90 Å². The Kier molecular flexibility index (Phi) is 4.45. The van der Waals surface area contributed by atoms with Gasteiger partial charge < -0.3 is 14.9 Å². The lowest BCUT2D eigenvalue weighted by molar-refractivity contribution is 0.142. The number of benzene rings is 1. The lowest BCUT2D eigenvalue weighted by Gasteiger charge is -2.37. The molecule has 1 aromatic carbocycles. The maximum absolute atomic E-state index is 11.1. The lowest BCUT2D eigenvalue weighted by Crippen LogP contribution is -2.48. The van der Waals surface area contributed by atoms with E-state index in [2.05, 4.69) is 35.2 Å². The third kappa shape index (κ3) is 3.26. The first-order chi connectivity index (χ1) is 12.2. The lowest BCUT2D eigenvalue weighted by atomic mass is 9.72. The van der Waals surface area contributed by atoms with Crippen LogP contribution in [0.4, 0.5) is 10.5 Å². The minimum absolute atomic E-state index is 0.589. The van der Waals surface area contributed by atoms with E-state index in [1.807, 2.05) is 0 Å². The maximum atomic E-state index is 11.1. The fraction of sp³-hybridized carbons (Fsp3) is 0.571. The Balaban J connectivity index is 1.52. The number of piperazine rings is 1. The van der Waals surface area contributed by atoms with Crippen LogP contribution < -0.4 is 4.90 Å². The molecule has 2 aliphatic carbocycles. The van der Waals surface area contributed by atoms with Crippen LogP contribution in [0.2, 0.25) is 0 Å². The van der Waals surface area contributed by atoms with Gasteiger partial charge >= 0.3 is 6.09 Å². The quantitative estimate of drug-likeness (QED) is 0.855. The Morgan fingerprint density at radius 3 is 2.36 bits per heavy atom. The minimum Gasteiger partial charge on any atom is -0.465 e. The zero-order valence-electron chi connectivity index (χ0n) is 14.9. The van der Waals surface area contributed by atoms with E-state index in [9.17, 15) is 4.79 Å². The van der Waals surface area contributed by atoms with Crippen molar-refractivity contribution in [3.8, 4) is 0 Å². The van der Waals surface area contributed by atoms with Gasteiger partial charge in [-0.05, 0) is 49.2 Å². The topological polar surface area (TPSA) is 43.8 Å². The van der Waals surface area contributed by atoms with E-state index >= 15 is 0 Å². The van der Waals surface area contributed by atoms with Crippen molar-refractivity contribution in [3.05, 3.63) is 35.9 Å². The largest absolute Gasteiger partial charge is 0.465 e. The van der Waals surface area contributed by atoms with E-state index in [0.717, 1.165) is 13.1 Å². The Bertz CT molecular complexity index is 668. The molecule has 1 aromatic rings. The molecule has 134 valence electrons. The van der Waals surface area contributed by atoms with Crippen molar-refractivity contribution in [1.29, 1.82) is 0 Å². The highest BCUT2D eigenvalue weighted by Gasteiger charge is 2.35. The third-order valence-electron chi connectivity index (χ3n) is 6.51. The minimum atomic E-state index is -0.801. The van der Waals surface area contributed by atoms with E-state index in [4.69, 9.17) is 5.11 Å². The van der Waals surface area contributed by atoms with E-state index in [1.165, 1.54) is 66.7 Å². The summed E-state index contributed by atoms with van der Waals surface area (Å²) in [7, 11) is 0. The number of amides is 1. The molecule has 0 aromatic heterocycles. The molecule has 1 amide bonds. The molecule has 3 aliphatic rings. The van der Waals surface area contributed by atoms with Crippen molar-refractivity contribution >= 4 is 17.4 Å². The Hall–Kier alpha value is -1.97. The van der Waals surface area contributed by atoms with Gasteiger partial charge in [0.2, 0.25) is 0 Å². The van der Waals surface area contributed by atoms with Gasteiger partial charge in [0.1, 0.15) is 0 Å². The maximum Gasteiger partial charge on any atom is 0.407 e. The number of hydrogen-bond donors (Lipinski definition) is 1. The SMILES string of the molecule is O=C(O)N1CCN(c2ccccc2C2=CCC3(CCCC3)CC2)CC1. The molecule has 1 saturated heterocycles. The highest BCUT2D eigenvalue weighted by Crippen LogP contribution is 2.50. The molecule has 4 heteroatoms. The molecule has 1 aliphatic heterocycles. The highest BCUT2D eigenvalue weighted by atomic mass is 16.4. The average Bonchev–Trinajstić information content (AvgIpc) is 3.10. The summed E-state index contributed by atoms with van der Waals surface area (Å²) >= 11 is 0. The van der Waals surface area contributed by atoms with E-state index in [-0.39, 0.29) is 0 Å². The number of hydrogen-bond acceptors (Lipinski definition) is 2. The summed E-state index contributed by atoms with van der Waals surface area (Å²) in [5.41, 5.74) is 4.74.